The first-order valence-corrected chi connectivity index (χ1v) is 10.4. The van der Waals surface area contributed by atoms with E-state index in [2.05, 4.69) is 5.32 Å². The van der Waals surface area contributed by atoms with Crippen LogP contribution in [0.2, 0.25) is 5.02 Å². The van der Waals surface area contributed by atoms with E-state index in [0.29, 0.717) is 17.7 Å². The molecule has 1 heterocycles. The van der Waals surface area contributed by atoms with Gasteiger partial charge in [-0.1, -0.05) is 11.6 Å². The Morgan fingerprint density at radius 3 is 2.50 bits per heavy atom. The smallest absolute Gasteiger partial charge is 0.322 e. The van der Waals surface area contributed by atoms with Gasteiger partial charge in [-0.25, -0.2) is 8.42 Å². The molecule has 0 spiro atoms. The molecule has 0 saturated heterocycles. The van der Waals surface area contributed by atoms with E-state index in [9.17, 15) is 26.4 Å². The van der Waals surface area contributed by atoms with Crippen molar-refractivity contribution in [2.75, 3.05) is 15.9 Å². The molecular weight excluding hydrogens is 417 g/mol. The zero-order valence-corrected chi connectivity index (χ0v) is 16.4. The quantitative estimate of drug-likeness (QED) is 0.785. The van der Waals surface area contributed by atoms with Gasteiger partial charge >= 0.3 is 6.18 Å². The van der Waals surface area contributed by atoms with Crippen molar-refractivity contribution >= 4 is 38.9 Å². The van der Waals surface area contributed by atoms with Crippen LogP contribution in [0, 0.1) is 0 Å². The Hall–Kier alpha value is -2.26. The lowest BCUT2D eigenvalue weighted by atomic mass is 10.1. The Labute approximate surface area is 165 Å². The van der Waals surface area contributed by atoms with E-state index in [1.165, 1.54) is 22.5 Å². The summed E-state index contributed by atoms with van der Waals surface area (Å²) >= 11 is 5.58. The molecule has 0 unspecified atom stereocenters. The molecule has 1 aliphatic heterocycles. The van der Waals surface area contributed by atoms with Crippen molar-refractivity contribution in [1.29, 1.82) is 0 Å². The van der Waals surface area contributed by atoms with Gasteiger partial charge in [0.05, 0.1) is 22.5 Å². The fraction of sp³-hybridized carbons (Fsp3) is 0.278. The minimum Gasteiger partial charge on any atom is -0.322 e. The minimum atomic E-state index is -4.64. The van der Waals surface area contributed by atoms with Crippen LogP contribution in [0.25, 0.3) is 0 Å². The number of anilines is 2. The molecule has 0 bridgehead atoms. The van der Waals surface area contributed by atoms with Gasteiger partial charge in [-0.2, -0.15) is 13.2 Å². The van der Waals surface area contributed by atoms with Crippen LogP contribution >= 0.6 is 11.6 Å². The fourth-order valence-electron chi connectivity index (χ4n) is 3.27. The summed E-state index contributed by atoms with van der Waals surface area (Å²) in [6, 6.07) is 7.33. The fourth-order valence-corrected chi connectivity index (χ4v) is 4.76. The second-order valence-corrected chi connectivity index (χ2v) is 8.87. The Morgan fingerprint density at radius 1 is 1.21 bits per heavy atom. The molecule has 5 nitrogen and oxygen atoms in total. The van der Waals surface area contributed by atoms with Crippen molar-refractivity contribution in [2.24, 2.45) is 0 Å². The average molecular weight is 433 g/mol. The number of fused-ring (bicyclic) bond motifs is 1. The highest BCUT2D eigenvalue weighted by atomic mass is 35.5. The molecule has 150 valence electrons. The summed E-state index contributed by atoms with van der Waals surface area (Å²) in [6.07, 6.45) is -3.10. The standard InChI is InChI=1S/C18H16ClF3N2O3S/c1-10-7-12-8-11(3-6-16(12)24(10)28(2,26)27)17(25)23-13-4-5-15(19)14(9-13)18(20,21)22/h3-6,8-10H,7H2,1-2H3,(H,23,25)/t10-/m0/s1. The predicted molar refractivity (Wildman–Crippen MR) is 101 cm³/mol. The third-order valence-electron chi connectivity index (χ3n) is 4.38. The van der Waals surface area contributed by atoms with Crippen molar-refractivity contribution in [1.82, 2.24) is 0 Å². The Kier molecular flexibility index (Phi) is 5.09. The lowest BCUT2D eigenvalue weighted by molar-refractivity contribution is -0.137. The number of hydrogen-bond acceptors (Lipinski definition) is 3. The van der Waals surface area contributed by atoms with Crippen molar-refractivity contribution < 1.29 is 26.4 Å². The molecule has 1 atom stereocenters. The SMILES string of the molecule is C[C@H]1Cc2cc(C(=O)Nc3ccc(Cl)c(C(F)(F)F)c3)ccc2N1S(C)(=O)=O. The topological polar surface area (TPSA) is 66.5 Å². The van der Waals surface area contributed by atoms with Crippen LogP contribution in [0.5, 0.6) is 0 Å². The van der Waals surface area contributed by atoms with E-state index >= 15 is 0 Å². The number of carbonyl (C=O) groups excluding carboxylic acids is 1. The molecule has 0 aromatic heterocycles. The summed E-state index contributed by atoms with van der Waals surface area (Å²) in [5, 5.41) is 1.95. The number of hydrogen-bond donors (Lipinski definition) is 1. The van der Waals surface area contributed by atoms with Crippen molar-refractivity contribution in [3.63, 3.8) is 0 Å². The van der Waals surface area contributed by atoms with E-state index in [-0.39, 0.29) is 17.3 Å². The number of nitrogens with one attached hydrogen (secondary N) is 1. The minimum absolute atomic E-state index is 0.0478. The molecule has 1 amide bonds. The van der Waals surface area contributed by atoms with Crippen molar-refractivity contribution in [2.45, 2.75) is 25.6 Å². The Morgan fingerprint density at radius 2 is 1.89 bits per heavy atom. The zero-order chi connectivity index (χ0) is 20.9. The van der Waals surface area contributed by atoms with Crippen LogP contribution in [0.3, 0.4) is 0 Å². The molecule has 0 radical (unpaired) electrons. The van der Waals surface area contributed by atoms with Crippen molar-refractivity contribution in [3.05, 3.63) is 58.1 Å². The Bertz CT molecular complexity index is 1050. The lowest BCUT2D eigenvalue weighted by Crippen LogP contribution is -2.34. The van der Waals surface area contributed by atoms with Crippen LogP contribution in [0.1, 0.15) is 28.4 Å². The summed E-state index contributed by atoms with van der Waals surface area (Å²) in [5.41, 5.74) is 0.298. The number of alkyl halides is 3. The number of amides is 1. The monoisotopic (exact) mass is 432 g/mol. The first-order chi connectivity index (χ1) is 12.9. The molecule has 10 heteroatoms. The van der Waals surface area contributed by atoms with Crippen LogP contribution in [-0.2, 0) is 22.6 Å². The molecule has 28 heavy (non-hydrogen) atoms. The summed E-state index contributed by atoms with van der Waals surface area (Å²) in [5.74, 6) is -0.608. The van der Waals surface area contributed by atoms with Crippen LogP contribution in [0.15, 0.2) is 36.4 Å². The van der Waals surface area contributed by atoms with E-state index in [1.54, 1.807) is 13.0 Å². The number of sulfonamides is 1. The van der Waals surface area contributed by atoms with Gasteiger partial charge in [-0.05, 0) is 55.3 Å². The molecule has 2 aromatic rings. The second kappa shape index (κ2) is 6.97. The van der Waals surface area contributed by atoms with Gasteiger partial charge in [0.15, 0.2) is 0 Å². The van der Waals surface area contributed by atoms with Gasteiger partial charge in [-0.3, -0.25) is 9.10 Å². The lowest BCUT2D eigenvalue weighted by Gasteiger charge is -2.21. The van der Waals surface area contributed by atoms with Gasteiger partial charge in [0.1, 0.15) is 0 Å². The highest BCUT2D eigenvalue weighted by Gasteiger charge is 2.34. The van der Waals surface area contributed by atoms with E-state index in [0.717, 1.165) is 18.4 Å². The summed E-state index contributed by atoms with van der Waals surface area (Å²) in [7, 11) is -3.46. The molecule has 3 rings (SSSR count). The number of benzene rings is 2. The van der Waals surface area contributed by atoms with Crippen molar-refractivity contribution in [3.8, 4) is 0 Å². The highest BCUT2D eigenvalue weighted by molar-refractivity contribution is 7.92. The number of halogens is 4. The molecule has 0 aliphatic carbocycles. The Balaban J connectivity index is 1.87. The maximum absolute atomic E-state index is 13.0. The highest BCUT2D eigenvalue weighted by Crippen LogP contribution is 2.37. The number of nitrogens with zero attached hydrogens (tertiary/aromatic N) is 1. The summed E-state index contributed by atoms with van der Waals surface area (Å²) < 4.78 is 64.1. The zero-order valence-electron chi connectivity index (χ0n) is 14.8. The normalized spacial score (nSPS) is 16.8. The third-order valence-corrected chi connectivity index (χ3v) is 5.98. The molecular formula is C18H16ClF3N2O3S. The molecule has 1 aliphatic rings. The maximum atomic E-state index is 13.0. The maximum Gasteiger partial charge on any atom is 0.417 e. The average Bonchev–Trinajstić information content (AvgIpc) is 2.90. The first-order valence-electron chi connectivity index (χ1n) is 8.18. The van der Waals surface area contributed by atoms with E-state index in [4.69, 9.17) is 11.6 Å². The first kappa shape index (κ1) is 20.5. The predicted octanol–water partition coefficient (Wildman–Crippen LogP) is 4.32. The van der Waals surface area contributed by atoms with Gasteiger partial charge in [-0.15, -0.1) is 0 Å². The van der Waals surface area contributed by atoms with Gasteiger partial charge in [0.2, 0.25) is 10.0 Å². The van der Waals surface area contributed by atoms with E-state index in [1.807, 2.05) is 0 Å². The van der Waals surface area contributed by atoms with Crippen LogP contribution in [-0.4, -0.2) is 26.6 Å². The summed E-state index contributed by atoms with van der Waals surface area (Å²) in [6.45, 7) is 1.76. The molecule has 0 fully saturated rings. The molecule has 1 N–H and O–H groups in total. The largest absolute Gasteiger partial charge is 0.417 e. The van der Waals surface area contributed by atoms with Crippen LogP contribution < -0.4 is 9.62 Å². The molecule has 0 saturated carbocycles. The van der Waals surface area contributed by atoms with E-state index < -0.39 is 32.7 Å². The van der Waals surface area contributed by atoms with Gasteiger partial charge in [0.25, 0.3) is 5.91 Å². The number of rotatable bonds is 3. The summed E-state index contributed by atoms with van der Waals surface area (Å²) in [4.78, 5) is 12.5. The van der Waals surface area contributed by atoms with Gasteiger partial charge in [0, 0.05) is 17.3 Å². The number of carbonyl (C=O) groups is 1. The van der Waals surface area contributed by atoms with Gasteiger partial charge < -0.3 is 5.32 Å². The second-order valence-electron chi connectivity index (χ2n) is 6.60. The molecule has 2 aromatic carbocycles. The third kappa shape index (κ3) is 3.95. The van der Waals surface area contributed by atoms with Crippen LogP contribution in [0.4, 0.5) is 24.5 Å².